The molecule has 0 radical (unpaired) electrons. The quantitative estimate of drug-likeness (QED) is 0.288. The van der Waals surface area contributed by atoms with Crippen molar-refractivity contribution >= 4 is 40.4 Å². The van der Waals surface area contributed by atoms with Crippen LogP contribution in [0.5, 0.6) is 0 Å². The van der Waals surface area contributed by atoms with Crippen LogP contribution < -0.4 is 0 Å². The number of ether oxygens (including phenoxy) is 1. The van der Waals surface area contributed by atoms with Gasteiger partial charge in [-0.1, -0.05) is 102 Å². The molecular formula is C31H28ClN3O3S. The second kappa shape index (κ2) is 11.9. The fourth-order valence-corrected chi connectivity index (χ4v) is 5.86. The zero-order valence-corrected chi connectivity index (χ0v) is 23.3. The van der Waals surface area contributed by atoms with Crippen LogP contribution in [0.15, 0.2) is 112 Å². The third-order valence-electron chi connectivity index (χ3n) is 6.65. The summed E-state index contributed by atoms with van der Waals surface area (Å²) in [6.45, 7) is 2.46. The summed E-state index contributed by atoms with van der Waals surface area (Å²) in [4.78, 5) is 35.3. The van der Waals surface area contributed by atoms with Crippen molar-refractivity contribution < 1.29 is 14.3 Å². The van der Waals surface area contributed by atoms with Crippen LogP contribution in [0, 0.1) is 0 Å². The third-order valence-corrected chi connectivity index (χ3v) is 7.89. The first-order valence-corrected chi connectivity index (χ1v) is 13.9. The second-order valence-corrected chi connectivity index (χ2v) is 10.6. The minimum absolute atomic E-state index is 0.0376. The zero-order valence-electron chi connectivity index (χ0n) is 21.7. The molecule has 2 aliphatic rings. The molecular weight excluding hydrogens is 530 g/mol. The fraction of sp³-hybridized carbons (Fsp3) is 0.194. The van der Waals surface area contributed by atoms with Gasteiger partial charge in [-0.05, 0) is 35.1 Å². The first-order chi connectivity index (χ1) is 18.9. The van der Waals surface area contributed by atoms with E-state index in [1.54, 1.807) is 18.0 Å². The number of carbonyl (C=O) groups excluding carboxylic acids is 2. The monoisotopic (exact) mass is 557 g/mol. The smallest absolute Gasteiger partial charge is 0.338 e. The Morgan fingerprint density at radius 3 is 2.31 bits per heavy atom. The van der Waals surface area contributed by atoms with E-state index >= 15 is 0 Å². The van der Waals surface area contributed by atoms with Gasteiger partial charge in [-0.15, -0.1) is 0 Å². The van der Waals surface area contributed by atoms with Crippen molar-refractivity contribution in [3.63, 3.8) is 0 Å². The molecule has 0 unspecified atom stereocenters. The van der Waals surface area contributed by atoms with Gasteiger partial charge in [0.1, 0.15) is 6.61 Å². The number of hydrogen-bond donors (Lipinski definition) is 0. The highest BCUT2D eigenvalue weighted by molar-refractivity contribution is 8.16. The van der Waals surface area contributed by atoms with Crippen LogP contribution in [0.4, 0.5) is 0 Å². The largest absolute Gasteiger partial charge is 0.457 e. The van der Waals surface area contributed by atoms with Gasteiger partial charge in [-0.2, -0.15) is 0 Å². The molecule has 39 heavy (non-hydrogen) atoms. The molecule has 3 aromatic rings. The molecule has 0 spiro atoms. The maximum Gasteiger partial charge on any atom is 0.338 e. The Labute approximate surface area is 237 Å². The lowest BCUT2D eigenvalue weighted by Gasteiger charge is -2.37. The fourth-order valence-electron chi connectivity index (χ4n) is 4.66. The van der Waals surface area contributed by atoms with Crippen LogP contribution >= 0.6 is 23.4 Å². The number of halogens is 1. The van der Waals surface area contributed by atoms with Gasteiger partial charge < -0.3 is 14.5 Å². The first kappa shape index (κ1) is 26.8. The van der Waals surface area contributed by atoms with Gasteiger partial charge in [0, 0.05) is 24.3 Å². The van der Waals surface area contributed by atoms with Crippen molar-refractivity contribution in [1.29, 1.82) is 0 Å². The summed E-state index contributed by atoms with van der Waals surface area (Å²) in [5, 5.41) is 3.15. The van der Waals surface area contributed by atoms with Gasteiger partial charge in [0.25, 0.3) is 0 Å². The number of carbonyl (C=O) groups is 2. The van der Waals surface area contributed by atoms with E-state index < -0.39 is 12.0 Å². The standard InChI is InChI=1S/C31H28ClN3O3S/c1-21-28(30(37)38-19-23-13-7-4-8-14-23)29(25-15-9-10-16-26(25)32)35-24(20-39-31(35)33-21)17-27(36)34(2)18-22-11-5-3-6-12-22/h3-16,20,29H,17-19H2,1-2H3/t29-/m1/s1. The van der Waals surface area contributed by atoms with Crippen LogP contribution in [0.1, 0.15) is 36.1 Å². The van der Waals surface area contributed by atoms with Crippen molar-refractivity contribution in [2.75, 3.05) is 7.05 Å². The van der Waals surface area contributed by atoms with E-state index in [1.165, 1.54) is 11.8 Å². The molecule has 2 heterocycles. The number of esters is 1. The highest BCUT2D eigenvalue weighted by Gasteiger charge is 2.42. The van der Waals surface area contributed by atoms with Crippen LogP contribution in [0.25, 0.3) is 0 Å². The zero-order chi connectivity index (χ0) is 27.4. The molecule has 6 nitrogen and oxygen atoms in total. The molecule has 1 amide bonds. The Morgan fingerprint density at radius 1 is 0.974 bits per heavy atom. The van der Waals surface area contributed by atoms with Crippen molar-refractivity contribution in [3.8, 4) is 0 Å². The summed E-state index contributed by atoms with van der Waals surface area (Å²) in [5.74, 6) is -0.503. The second-order valence-electron chi connectivity index (χ2n) is 9.39. The highest BCUT2D eigenvalue weighted by Crippen LogP contribution is 2.46. The molecule has 3 aromatic carbocycles. The highest BCUT2D eigenvalue weighted by atomic mass is 35.5. The number of amides is 1. The number of aliphatic imine (C=N–C) groups is 1. The van der Waals surface area contributed by atoms with E-state index in [0.29, 0.717) is 28.0 Å². The van der Waals surface area contributed by atoms with Crippen molar-refractivity contribution in [3.05, 3.63) is 129 Å². The summed E-state index contributed by atoms with van der Waals surface area (Å²) in [6.07, 6.45) is 0.154. The first-order valence-electron chi connectivity index (χ1n) is 12.6. The van der Waals surface area contributed by atoms with E-state index in [0.717, 1.165) is 22.4 Å². The Kier molecular flexibility index (Phi) is 8.19. The molecule has 0 fully saturated rings. The summed E-state index contributed by atoms with van der Waals surface area (Å²) in [6, 6.07) is 26.3. The molecule has 0 aromatic heterocycles. The number of nitrogens with zero attached hydrogens (tertiary/aromatic N) is 3. The number of rotatable bonds is 8. The Morgan fingerprint density at radius 2 is 1.62 bits per heavy atom. The predicted molar refractivity (Wildman–Crippen MR) is 156 cm³/mol. The minimum atomic E-state index is -0.581. The number of allylic oxidation sites excluding steroid dienone is 1. The number of thioether (sulfide) groups is 1. The van der Waals surface area contributed by atoms with Crippen LogP contribution in [0.3, 0.4) is 0 Å². The Balaban J connectivity index is 1.43. The lowest BCUT2D eigenvalue weighted by molar-refractivity contribution is -0.141. The maximum atomic E-state index is 13.6. The van der Waals surface area contributed by atoms with E-state index in [2.05, 4.69) is 0 Å². The molecule has 0 aliphatic carbocycles. The van der Waals surface area contributed by atoms with Crippen molar-refractivity contribution in [1.82, 2.24) is 9.80 Å². The molecule has 0 saturated heterocycles. The molecule has 0 bridgehead atoms. The number of hydrogen-bond acceptors (Lipinski definition) is 6. The normalized spacial score (nSPS) is 16.4. The van der Waals surface area contributed by atoms with Gasteiger partial charge in [0.2, 0.25) is 5.91 Å². The average Bonchev–Trinajstić information content (AvgIpc) is 3.34. The SMILES string of the molecule is CC1=C(C(=O)OCc2ccccc2)[C@@H](c2ccccc2Cl)N2C(CC(=O)N(C)Cc3ccccc3)=CSC2=N1. The lowest BCUT2D eigenvalue weighted by atomic mass is 9.93. The molecule has 1 atom stereocenters. The lowest BCUT2D eigenvalue weighted by Crippen LogP contribution is -2.38. The molecule has 8 heteroatoms. The molecule has 198 valence electrons. The van der Waals surface area contributed by atoms with Gasteiger partial charge in [-0.3, -0.25) is 4.79 Å². The molecule has 0 saturated carbocycles. The van der Waals surface area contributed by atoms with E-state index in [9.17, 15) is 9.59 Å². The molecule has 0 N–H and O–H groups in total. The Hall–Kier alpha value is -3.81. The molecule has 5 rings (SSSR count). The van der Waals surface area contributed by atoms with Crippen LogP contribution in [-0.4, -0.2) is 33.9 Å². The van der Waals surface area contributed by atoms with E-state index in [4.69, 9.17) is 21.3 Å². The van der Waals surface area contributed by atoms with Gasteiger partial charge in [0.05, 0.1) is 23.7 Å². The third kappa shape index (κ3) is 5.95. The predicted octanol–water partition coefficient (Wildman–Crippen LogP) is 6.71. The summed E-state index contributed by atoms with van der Waals surface area (Å²) in [5.41, 5.74) is 4.42. The number of fused-ring (bicyclic) bond motifs is 1. The van der Waals surface area contributed by atoms with E-state index in [-0.39, 0.29) is 18.9 Å². The van der Waals surface area contributed by atoms with Crippen LogP contribution in [0.2, 0.25) is 5.02 Å². The number of amidine groups is 1. The number of benzene rings is 3. The van der Waals surface area contributed by atoms with Gasteiger partial charge >= 0.3 is 5.97 Å². The summed E-state index contributed by atoms with van der Waals surface area (Å²) < 4.78 is 5.76. The van der Waals surface area contributed by atoms with Gasteiger partial charge in [0.15, 0.2) is 5.17 Å². The average molecular weight is 558 g/mol. The van der Waals surface area contributed by atoms with Crippen LogP contribution in [-0.2, 0) is 27.5 Å². The Bertz CT molecular complexity index is 1470. The summed E-state index contributed by atoms with van der Waals surface area (Å²) >= 11 is 8.13. The van der Waals surface area contributed by atoms with Crippen molar-refractivity contribution in [2.24, 2.45) is 4.99 Å². The minimum Gasteiger partial charge on any atom is -0.457 e. The molecule has 2 aliphatic heterocycles. The van der Waals surface area contributed by atoms with E-state index in [1.807, 2.05) is 96.1 Å². The summed E-state index contributed by atoms with van der Waals surface area (Å²) in [7, 11) is 1.80. The maximum absolute atomic E-state index is 13.6. The topological polar surface area (TPSA) is 62.2 Å². The van der Waals surface area contributed by atoms with Gasteiger partial charge in [-0.25, -0.2) is 9.79 Å². The van der Waals surface area contributed by atoms with Crippen molar-refractivity contribution in [2.45, 2.75) is 32.5 Å².